The maximum Gasteiger partial charge on any atom is 0.244 e. The summed E-state index contributed by atoms with van der Waals surface area (Å²) in [5.74, 6) is -0.112. The van der Waals surface area contributed by atoms with Gasteiger partial charge in [-0.25, -0.2) is 0 Å². The van der Waals surface area contributed by atoms with E-state index in [0.717, 1.165) is 29.8 Å². The highest BCUT2D eigenvalue weighted by Crippen LogP contribution is 2.31. The lowest BCUT2D eigenvalue weighted by Crippen LogP contribution is -2.37. The molecule has 1 aliphatic rings. The van der Waals surface area contributed by atoms with Crippen LogP contribution in [0.15, 0.2) is 29.2 Å². The van der Waals surface area contributed by atoms with E-state index in [-0.39, 0.29) is 23.6 Å². The van der Waals surface area contributed by atoms with Gasteiger partial charge in [-0.3, -0.25) is 9.59 Å². The number of hydrogen-bond acceptors (Lipinski definition) is 4. The van der Waals surface area contributed by atoms with Crippen LogP contribution in [0, 0.1) is 11.3 Å². The second-order valence-corrected chi connectivity index (χ2v) is 7.44. The van der Waals surface area contributed by atoms with Crippen LogP contribution in [-0.4, -0.2) is 35.1 Å². The molecule has 128 valence electrons. The minimum absolute atomic E-state index is 0.0629. The van der Waals surface area contributed by atoms with E-state index in [2.05, 4.69) is 11.4 Å². The Morgan fingerprint density at radius 3 is 2.96 bits per heavy atom. The van der Waals surface area contributed by atoms with E-state index < -0.39 is 0 Å². The SMILES string of the molecule is C[C@H](CC#N)Sc1ccccc1NC(=O)CN1CCCCCC1=O. The van der Waals surface area contributed by atoms with Gasteiger partial charge in [0, 0.05) is 29.5 Å². The number of rotatable bonds is 6. The zero-order chi connectivity index (χ0) is 17.4. The Kier molecular flexibility index (Phi) is 7.13. The summed E-state index contributed by atoms with van der Waals surface area (Å²) in [6.45, 7) is 2.75. The Balaban J connectivity index is 1.98. The predicted octanol–water partition coefficient (Wildman–Crippen LogP) is 3.42. The van der Waals surface area contributed by atoms with Gasteiger partial charge in [0.05, 0.1) is 18.3 Å². The molecule has 1 aromatic rings. The number of para-hydroxylation sites is 1. The van der Waals surface area contributed by atoms with Gasteiger partial charge in [0.15, 0.2) is 0 Å². The fraction of sp³-hybridized carbons (Fsp3) is 0.500. The molecule has 1 aliphatic heterocycles. The maximum absolute atomic E-state index is 12.3. The Bertz CT molecular complexity index is 627. The minimum Gasteiger partial charge on any atom is -0.333 e. The predicted molar refractivity (Wildman–Crippen MR) is 95.7 cm³/mol. The van der Waals surface area contributed by atoms with Crippen molar-refractivity contribution in [1.82, 2.24) is 4.90 Å². The molecular weight excluding hydrogens is 322 g/mol. The average Bonchev–Trinajstić information content (AvgIpc) is 2.74. The number of hydrogen-bond donors (Lipinski definition) is 1. The summed E-state index contributed by atoms with van der Waals surface area (Å²) >= 11 is 1.57. The summed E-state index contributed by atoms with van der Waals surface area (Å²) in [5, 5.41) is 11.9. The maximum atomic E-state index is 12.3. The largest absolute Gasteiger partial charge is 0.333 e. The zero-order valence-corrected chi connectivity index (χ0v) is 14.8. The monoisotopic (exact) mass is 345 g/mol. The van der Waals surface area contributed by atoms with E-state index in [0.29, 0.717) is 19.4 Å². The van der Waals surface area contributed by atoms with Crippen molar-refractivity contribution in [2.24, 2.45) is 0 Å². The van der Waals surface area contributed by atoms with Gasteiger partial charge in [0.25, 0.3) is 0 Å². The fourth-order valence-electron chi connectivity index (χ4n) is 2.63. The molecule has 5 nitrogen and oxygen atoms in total. The van der Waals surface area contributed by atoms with Gasteiger partial charge in [0.1, 0.15) is 0 Å². The first-order valence-electron chi connectivity index (χ1n) is 8.30. The molecule has 0 radical (unpaired) electrons. The summed E-state index contributed by atoms with van der Waals surface area (Å²) in [6.07, 6.45) is 3.89. The highest BCUT2D eigenvalue weighted by molar-refractivity contribution is 8.00. The lowest BCUT2D eigenvalue weighted by molar-refractivity contribution is -0.134. The molecule has 1 heterocycles. The smallest absolute Gasteiger partial charge is 0.244 e. The van der Waals surface area contributed by atoms with Crippen molar-refractivity contribution in [1.29, 1.82) is 5.26 Å². The van der Waals surface area contributed by atoms with Crippen LogP contribution in [0.2, 0.25) is 0 Å². The second-order valence-electron chi connectivity index (χ2n) is 5.96. The molecule has 0 saturated carbocycles. The molecule has 2 rings (SSSR count). The number of benzene rings is 1. The molecular formula is C18H23N3O2S. The molecule has 24 heavy (non-hydrogen) atoms. The van der Waals surface area contributed by atoms with Crippen LogP contribution in [0.3, 0.4) is 0 Å². The summed E-state index contributed by atoms with van der Waals surface area (Å²) in [4.78, 5) is 26.9. The third kappa shape index (κ3) is 5.57. The van der Waals surface area contributed by atoms with Gasteiger partial charge in [-0.1, -0.05) is 25.5 Å². The number of anilines is 1. The Labute approximate surface area is 147 Å². The molecule has 2 amide bonds. The first-order valence-corrected chi connectivity index (χ1v) is 9.18. The van der Waals surface area contributed by atoms with Crippen molar-refractivity contribution in [3.8, 4) is 6.07 Å². The molecule has 0 spiro atoms. The van der Waals surface area contributed by atoms with Crippen LogP contribution in [0.4, 0.5) is 5.69 Å². The number of likely N-dealkylation sites (tertiary alicyclic amines) is 1. The van der Waals surface area contributed by atoms with Gasteiger partial charge in [0.2, 0.25) is 11.8 Å². The summed E-state index contributed by atoms with van der Waals surface area (Å²) in [7, 11) is 0. The van der Waals surface area contributed by atoms with Crippen LogP contribution in [0.5, 0.6) is 0 Å². The van der Waals surface area contributed by atoms with Crippen LogP contribution < -0.4 is 5.32 Å². The molecule has 0 aromatic heterocycles. The third-order valence-corrected chi connectivity index (χ3v) is 5.05. The summed E-state index contributed by atoms with van der Waals surface area (Å²) < 4.78 is 0. The van der Waals surface area contributed by atoms with Crippen LogP contribution in [0.25, 0.3) is 0 Å². The molecule has 1 saturated heterocycles. The highest BCUT2D eigenvalue weighted by atomic mass is 32.2. The van der Waals surface area contributed by atoms with Gasteiger partial charge in [-0.2, -0.15) is 5.26 Å². The lowest BCUT2D eigenvalue weighted by Gasteiger charge is -2.20. The Hall–Kier alpha value is -2.00. The van der Waals surface area contributed by atoms with E-state index in [1.165, 1.54) is 0 Å². The molecule has 0 bridgehead atoms. The van der Waals surface area contributed by atoms with Crippen molar-refractivity contribution in [3.05, 3.63) is 24.3 Å². The van der Waals surface area contributed by atoms with Crippen molar-refractivity contribution in [2.75, 3.05) is 18.4 Å². The second kappa shape index (κ2) is 9.33. The number of nitrogens with zero attached hydrogens (tertiary/aromatic N) is 2. The number of nitrogens with one attached hydrogen (secondary N) is 1. The average molecular weight is 345 g/mol. The van der Waals surface area contributed by atoms with Crippen molar-refractivity contribution >= 4 is 29.3 Å². The van der Waals surface area contributed by atoms with E-state index in [1.54, 1.807) is 16.7 Å². The summed E-state index contributed by atoms with van der Waals surface area (Å²) in [5.41, 5.74) is 0.736. The van der Waals surface area contributed by atoms with Gasteiger partial charge in [-0.15, -0.1) is 11.8 Å². The lowest BCUT2D eigenvalue weighted by atomic mass is 10.2. The van der Waals surface area contributed by atoms with E-state index >= 15 is 0 Å². The number of nitriles is 1. The molecule has 6 heteroatoms. The van der Waals surface area contributed by atoms with E-state index in [9.17, 15) is 9.59 Å². The fourth-order valence-corrected chi connectivity index (χ4v) is 3.62. The van der Waals surface area contributed by atoms with Crippen molar-refractivity contribution in [3.63, 3.8) is 0 Å². The molecule has 0 aliphatic carbocycles. The van der Waals surface area contributed by atoms with E-state index in [1.807, 2.05) is 31.2 Å². The van der Waals surface area contributed by atoms with Gasteiger partial charge < -0.3 is 10.2 Å². The quantitative estimate of drug-likeness (QED) is 0.802. The van der Waals surface area contributed by atoms with E-state index in [4.69, 9.17) is 5.26 Å². The Morgan fingerprint density at radius 2 is 2.17 bits per heavy atom. The van der Waals surface area contributed by atoms with Gasteiger partial charge >= 0.3 is 0 Å². The topological polar surface area (TPSA) is 73.2 Å². The van der Waals surface area contributed by atoms with Crippen LogP contribution in [-0.2, 0) is 9.59 Å². The molecule has 1 aromatic carbocycles. The molecule has 1 fully saturated rings. The molecule has 1 N–H and O–H groups in total. The number of amides is 2. The highest BCUT2D eigenvalue weighted by Gasteiger charge is 2.19. The molecule has 1 atom stereocenters. The Morgan fingerprint density at radius 1 is 1.38 bits per heavy atom. The third-order valence-electron chi connectivity index (χ3n) is 3.87. The normalized spacial score (nSPS) is 16.2. The standard InChI is InChI=1S/C18H23N3O2S/c1-14(10-11-19)24-16-8-5-4-7-15(16)20-17(22)13-21-12-6-2-3-9-18(21)23/h4-5,7-8,14H,2-3,6,9-10,12-13H2,1H3,(H,20,22)/t14-/m1/s1. The first-order chi connectivity index (χ1) is 11.6. The number of thioether (sulfide) groups is 1. The molecule has 0 unspecified atom stereocenters. The zero-order valence-electron chi connectivity index (χ0n) is 14.0. The van der Waals surface area contributed by atoms with Gasteiger partial charge in [-0.05, 0) is 25.0 Å². The number of carbonyl (C=O) groups is 2. The minimum atomic E-state index is -0.175. The van der Waals surface area contributed by atoms with Crippen molar-refractivity contribution in [2.45, 2.75) is 49.2 Å². The first kappa shape index (κ1) is 18.3. The van der Waals surface area contributed by atoms with Crippen molar-refractivity contribution < 1.29 is 9.59 Å². The van der Waals surface area contributed by atoms with Crippen LogP contribution in [0.1, 0.15) is 39.0 Å². The summed E-state index contributed by atoms with van der Waals surface area (Å²) in [6, 6.07) is 9.73. The number of carbonyl (C=O) groups excluding carboxylic acids is 2. The van der Waals surface area contributed by atoms with Crippen LogP contribution >= 0.6 is 11.8 Å².